The van der Waals surface area contributed by atoms with Gasteiger partial charge in [0.1, 0.15) is 16.9 Å². The van der Waals surface area contributed by atoms with Gasteiger partial charge in [-0.2, -0.15) is 0 Å². The van der Waals surface area contributed by atoms with Crippen LogP contribution >= 0.6 is 15.9 Å². The van der Waals surface area contributed by atoms with Gasteiger partial charge in [0.2, 0.25) is 0 Å². The third-order valence-electron chi connectivity index (χ3n) is 4.05. The summed E-state index contributed by atoms with van der Waals surface area (Å²) in [7, 11) is 0. The van der Waals surface area contributed by atoms with Crippen LogP contribution in [0, 0.1) is 0 Å². The fourth-order valence-corrected chi connectivity index (χ4v) is 3.29. The molecule has 0 saturated carbocycles. The van der Waals surface area contributed by atoms with Gasteiger partial charge in [0.25, 0.3) is 0 Å². The number of piperidine rings is 1. The second kappa shape index (κ2) is 6.19. The molecular formula is C18H22BrNO3. The molecule has 0 radical (unpaired) electrons. The molecule has 23 heavy (non-hydrogen) atoms. The molecule has 0 atom stereocenters. The zero-order valence-corrected chi connectivity index (χ0v) is 15.4. The molecule has 5 heteroatoms. The number of fused-ring (bicyclic) bond motifs is 1. The van der Waals surface area contributed by atoms with Crippen LogP contribution in [-0.4, -0.2) is 29.7 Å². The van der Waals surface area contributed by atoms with E-state index in [0.29, 0.717) is 19.0 Å². The maximum absolute atomic E-state index is 12.1. The fraction of sp³-hybridized carbons (Fsp3) is 0.500. The molecule has 4 nitrogen and oxygen atoms in total. The van der Waals surface area contributed by atoms with Crippen LogP contribution in [0.15, 0.2) is 33.2 Å². The smallest absolute Gasteiger partial charge is 0.410 e. The number of furan rings is 1. The van der Waals surface area contributed by atoms with Crippen molar-refractivity contribution in [3.8, 4) is 0 Å². The van der Waals surface area contributed by atoms with Crippen molar-refractivity contribution < 1.29 is 13.9 Å². The van der Waals surface area contributed by atoms with Crippen LogP contribution in [0.25, 0.3) is 11.0 Å². The molecule has 1 aliphatic rings. The first-order chi connectivity index (χ1) is 10.8. The van der Waals surface area contributed by atoms with E-state index >= 15 is 0 Å². The van der Waals surface area contributed by atoms with E-state index < -0.39 is 5.60 Å². The van der Waals surface area contributed by atoms with Crippen molar-refractivity contribution in [2.24, 2.45) is 0 Å². The van der Waals surface area contributed by atoms with Gasteiger partial charge in [-0.3, -0.25) is 0 Å². The summed E-state index contributed by atoms with van der Waals surface area (Å²) in [6.45, 7) is 7.10. The van der Waals surface area contributed by atoms with E-state index in [1.54, 1.807) is 4.90 Å². The van der Waals surface area contributed by atoms with Gasteiger partial charge in [-0.15, -0.1) is 0 Å². The van der Waals surface area contributed by atoms with Gasteiger partial charge in [-0.05, 0) is 57.9 Å². The zero-order chi connectivity index (χ0) is 16.6. The second-order valence-corrected chi connectivity index (χ2v) is 7.99. The van der Waals surface area contributed by atoms with E-state index in [-0.39, 0.29) is 6.09 Å². The van der Waals surface area contributed by atoms with Crippen molar-refractivity contribution in [1.29, 1.82) is 0 Å². The van der Waals surface area contributed by atoms with Crippen LogP contribution < -0.4 is 0 Å². The maximum atomic E-state index is 12.1. The molecule has 124 valence electrons. The van der Waals surface area contributed by atoms with Gasteiger partial charge in [-0.25, -0.2) is 4.79 Å². The van der Waals surface area contributed by atoms with Crippen molar-refractivity contribution >= 4 is 33.0 Å². The molecule has 2 aromatic rings. The molecule has 3 rings (SSSR count). The number of ether oxygens (including phenoxy) is 1. The Morgan fingerprint density at radius 1 is 1.26 bits per heavy atom. The summed E-state index contributed by atoms with van der Waals surface area (Å²) in [5, 5.41) is 1.11. The monoisotopic (exact) mass is 379 g/mol. The normalized spacial score (nSPS) is 16.8. The van der Waals surface area contributed by atoms with Crippen molar-refractivity contribution in [3.63, 3.8) is 0 Å². The number of hydrogen-bond acceptors (Lipinski definition) is 3. The van der Waals surface area contributed by atoms with Crippen molar-refractivity contribution in [2.45, 2.75) is 45.1 Å². The Balaban J connectivity index is 1.65. The summed E-state index contributed by atoms with van der Waals surface area (Å²) in [5.74, 6) is 1.38. The highest BCUT2D eigenvalue weighted by atomic mass is 79.9. The lowest BCUT2D eigenvalue weighted by Gasteiger charge is -2.32. The number of carbonyl (C=O) groups is 1. The van der Waals surface area contributed by atoms with Crippen LogP contribution in [0.4, 0.5) is 4.79 Å². The number of benzene rings is 1. The van der Waals surface area contributed by atoms with Crippen LogP contribution in [-0.2, 0) is 4.74 Å². The Labute approximate surface area is 144 Å². The summed E-state index contributed by atoms with van der Waals surface area (Å²) in [6, 6.07) is 8.16. The van der Waals surface area contributed by atoms with E-state index in [1.807, 2.05) is 32.9 Å². The topological polar surface area (TPSA) is 42.7 Å². The molecular weight excluding hydrogens is 358 g/mol. The summed E-state index contributed by atoms with van der Waals surface area (Å²) < 4.78 is 12.5. The minimum Gasteiger partial charge on any atom is -0.461 e. The third-order valence-corrected chi connectivity index (χ3v) is 4.54. The first-order valence-electron chi connectivity index (χ1n) is 7.99. The predicted octanol–water partition coefficient (Wildman–Crippen LogP) is 5.31. The number of hydrogen-bond donors (Lipinski definition) is 0. The molecule has 1 aliphatic heterocycles. The molecule has 0 spiro atoms. The van der Waals surface area contributed by atoms with E-state index in [2.05, 4.69) is 28.1 Å². The molecule has 1 saturated heterocycles. The number of halogens is 1. The summed E-state index contributed by atoms with van der Waals surface area (Å²) in [4.78, 5) is 13.9. The first kappa shape index (κ1) is 16.4. The number of amides is 1. The SMILES string of the molecule is CC(C)(C)OC(=O)N1CCC(c2cc3cc(Br)ccc3o2)CC1. The van der Waals surface area contributed by atoms with Crippen molar-refractivity contribution in [2.75, 3.05) is 13.1 Å². The number of rotatable bonds is 1. The lowest BCUT2D eigenvalue weighted by molar-refractivity contribution is 0.0200. The highest BCUT2D eigenvalue weighted by molar-refractivity contribution is 9.10. The quantitative estimate of drug-likeness (QED) is 0.673. The lowest BCUT2D eigenvalue weighted by Crippen LogP contribution is -2.41. The average Bonchev–Trinajstić information content (AvgIpc) is 2.88. The fourth-order valence-electron chi connectivity index (χ4n) is 2.91. The van der Waals surface area contributed by atoms with Gasteiger partial charge in [-0.1, -0.05) is 15.9 Å². The molecule has 1 amide bonds. The Morgan fingerprint density at radius 3 is 2.61 bits per heavy atom. The van der Waals surface area contributed by atoms with Gasteiger partial charge in [0.15, 0.2) is 0 Å². The molecule has 0 unspecified atom stereocenters. The highest BCUT2D eigenvalue weighted by Crippen LogP contribution is 2.33. The highest BCUT2D eigenvalue weighted by Gasteiger charge is 2.28. The average molecular weight is 380 g/mol. The zero-order valence-electron chi connectivity index (χ0n) is 13.8. The van der Waals surface area contributed by atoms with E-state index in [1.165, 1.54) is 0 Å². The molecule has 0 aliphatic carbocycles. The lowest BCUT2D eigenvalue weighted by atomic mass is 9.94. The number of nitrogens with zero attached hydrogens (tertiary/aromatic N) is 1. The van der Waals surface area contributed by atoms with E-state index in [4.69, 9.17) is 9.15 Å². The summed E-state index contributed by atoms with van der Waals surface area (Å²) >= 11 is 3.49. The first-order valence-corrected chi connectivity index (χ1v) is 8.78. The minimum absolute atomic E-state index is 0.218. The molecule has 2 heterocycles. The Bertz CT molecular complexity index is 709. The van der Waals surface area contributed by atoms with Crippen LogP contribution in [0.5, 0.6) is 0 Å². The standard InChI is InChI=1S/C18H22BrNO3/c1-18(2,3)23-17(21)20-8-6-12(7-9-20)16-11-13-10-14(19)4-5-15(13)22-16/h4-5,10-12H,6-9H2,1-3H3. The molecule has 0 bridgehead atoms. The minimum atomic E-state index is -0.444. The molecule has 1 fully saturated rings. The second-order valence-electron chi connectivity index (χ2n) is 7.07. The van der Waals surface area contributed by atoms with Gasteiger partial charge in [0, 0.05) is 28.9 Å². The van der Waals surface area contributed by atoms with E-state index in [9.17, 15) is 4.79 Å². The number of carbonyl (C=O) groups excluding carboxylic acids is 1. The van der Waals surface area contributed by atoms with Gasteiger partial charge >= 0.3 is 6.09 Å². The maximum Gasteiger partial charge on any atom is 0.410 e. The van der Waals surface area contributed by atoms with Crippen molar-refractivity contribution in [3.05, 3.63) is 34.5 Å². The van der Waals surface area contributed by atoms with Crippen LogP contribution in [0.1, 0.15) is 45.3 Å². The third kappa shape index (κ3) is 3.89. The predicted molar refractivity (Wildman–Crippen MR) is 93.7 cm³/mol. The molecule has 1 aromatic carbocycles. The van der Waals surface area contributed by atoms with E-state index in [0.717, 1.165) is 34.0 Å². The Kier molecular flexibility index (Phi) is 4.41. The van der Waals surface area contributed by atoms with Crippen LogP contribution in [0.3, 0.4) is 0 Å². The largest absolute Gasteiger partial charge is 0.461 e. The van der Waals surface area contributed by atoms with Crippen molar-refractivity contribution in [1.82, 2.24) is 4.90 Å². The van der Waals surface area contributed by atoms with Gasteiger partial charge < -0.3 is 14.1 Å². The number of likely N-dealkylation sites (tertiary alicyclic amines) is 1. The Hall–Kier alpha value is -1.49. The van der Waals surface area contributed by atoms with Gasteiger partial charge in [0.05, 0.1) is 0 Å². The summed E-state index contributed by atoms with van der Waals surface area (Å²) in [6.07, 6.45) is 1.59. The van der Waals surface area contributed by atoms with Crippen LogP contribution in [0.2, 0.25) is 0 Å². The molecule has 0 N–H and O–H groups in total. The molecule has 1 aromatic heterocycles. The Morgan fingerprint density at radius 2 is 1.96 bits per heavy atom. The summed E-state index contributed by atoms with van der Waals surface area (Å²) in [5.41, 5.74) is 0.470.